The molecule has 2 heterocycles. The number of aliphatic hydroxyl groups excluding tert-OH is 2. The molecular formula is C24H22Cl2N2O3. The molecule has 7 heteroatoms. The molecule has 0 saturated carbocycles. The number of carbonyl (C=O) groups excluding carboxylic acids is 1. The summed E-state index contributed by atoms with van der Waals surface area (Å²) in [6.07, 6.45) is 1.44. The van der Waals surface area contributed by atoms with Crippen molar-refractivity contribution in [2.75, 3.05) is 13.1 Å². The number of halogens is 2. The molecule has 3 aromatic rings. The highest BCUT2D eigenvalue weighted by molar-refractivity contribution is 6.33. The fourth-order valence-electron chi connectivity index (χ4n) is 4.10. The van der Waals surface area contributed by atoms with Gasteiger partial charge in [0.25, 0.3) is 5.91 Å². The van der Waals surface area contributed by atoms with Crippen molar-refractivity contribution in [1.29, 1.82) is 0 Å². The van der Waals surface area contributed by atoms with E-state index in [0.717, 1.165) is 17.5 Å². The van der Waals surface area contributed by atoms with Gasteiger partial charge in [-0.1, -0.05) is 59.6 Å². The highest BCUT2D eigenvalue weighted by Gasteiger charge is 2.31. The summed E-state index contributed by atoms with van der Waals surface area (Å²) in [6, 6.07) is 16.1. The van der Waals surface area contributed by atoms with Crippen molar-refractivity contribution < 1.29 is 15.0 Å². The van der Waals surface area contributed by atoms with Crippen LogP contribution in [-0.4, -0.2) is 39.1 Å². The lowest BCUT2D eigenvalue weighted by Crippen LogP contribution is -2.29. The summed E-state index contributed by atoms with van der Waals surface area (Å²) < 4.78 is 0. The third-order valence-corrected chi connectivity index (χ3v) is 6.38. The van der Waals surface area contributed by atoms with Gasteiger partial charge in [-0.15, -0.1) is 0 Å². The lowest BCUT2D eigenvalue weighted by molar-refractivity contribution is 0.0785. The lowest BCUT2D eigenvalue weighted by atomic mass is 9.90. The summed E-state index contributed by atoms with van der Waals surface area (Å²) in [5.74, 6) is -0.107. The van der Waals surface area contributed by atoms with Gasteiger partial charge < -0.3 is 15.1 Å². The second-order valence-electron chi connectivity index (χ2n) is 7.61. The van der Waals surface area contributed by atoms with E-state index in [1.165, 1.54) is 0 Å². The Balaban J connectivity index is 1.55. The Hall–Kier alpha value is -2.44. The third kappa shape index (κ3) is 4.46. The summed E-state index contributed by atoms with van der Waals surface area (Å²) in [6.45, 7) is 0.950. The molecule has 1 aromatic heterocycles. The van der Waals surface area contributed by atoms with E-state index >= 15 is 0 Å². The summed E-state index contributed by atoms with van der Waals surface area (Å²) >= 11 is 12.4. The van der Waals surface area contributed by atoms with Gasteiger partial charge in [0.1, 0.15) is 11.8 Å². The molecule has 0 bridgehead atoms. The molecular weight excluding hydrogens is 435 g/mol. The molecule has 1 saturated heterocycles. The SMILES string of the molecule is O=C(c1ncccc1Cl)N1CCC(c2ccc(C(O)c3ccccc3Cl)cc2CO)C1. The van der Waals surface area contributed by atoms with E-state index in [9.17, 15) is 15.0 Å². The van der Waals surface area contributed by atoms with E-state index in [2.05, 4.69) is 4.98 Å². The van der Waals surface area contributed by atoms with Crippen molar-refractivity contribution in [2.45, 2.75) is 25.0 Å². The van der Waals surface area contributed by atoms with E-state index < -0.39 is 6.10 Å². The Morgan fingerprint density at radius 2 is 1.90 bits per heavy atom. The molecule has 5 nitrogen and oxygen atoms in total. The predicted molar refractivity (Wildman–Crippen MR) is 120 cm³/mol. The first-order valence-corrected chi connectivity index (χ1v) is 10.8. The number of benzene rings is 2. The minimum Gasteiger partial charge on any atom is -0.392 e. The molecule has 1 amide bonds. The number of carbonyl (C=O) groups is 1. The van der Waals surface area contributed by atoms with Crippen molar-refractivity contribution in [3.63, 3.8) is 0 Å². The number of aromatic nitrogens is 1. The minimum absolute atomic E-state index is 0.0834. The summed E-state index contributed by atoms with van der Waals surface area (Å²) in [4.78, 5) is 18.7. The van der Waals surface area contributed by atoms with E-state index in [1.807, 2.05) is 30.3 Å². The standard InChI is InChI=1S/C24H22Cl2N2O3/c25-20-5-2-1-4-19(20)23(30)15-7-8-18(17(12-15)14-29)16-9-11-28(13-16)24(31)22-21(26)6-3-10-27-22/h1-8,10,12,16,23,29-30H,9,11,13-14H2. The Labute approximate surface area is 190 Å². The molecule has 4 rings (SSSR count). The van der Waals surface area contributed by atoms with E-state index in [0.29, 0.717) is 34.3 Å². The van der Waals surface area contributed by atoms with E-state index in [4.69, 9.17) is 23.2 Å². The number of amides is 1. The molecule has 1 aliphatic heterocycles. The van der Waals surface area contributed by atoms with Crippen molar-refractivity contribution in [1.82, 2.24) is 9.88 Å². The molecule has 0 spiro atoms. The highest BCUT2D eigenvalue weighted by atomic mass is 35.5. The van der Waals surface area contributed by atoms with Crippen molar-refractivity contribution >= 4 is 29.1 Å². The zero-order valence-electron chi connectivity index (χ0n) is 16.7. The smallest absolute Gasteiger partial charge is 0.274 e. The third-order valence-electron chi connectivity index (χ3n) is 5.73. The van der Waals surface area contributed by atoms with Gasteiger partial charge in [0.05, 0.1) is 11.6 Å². The predicted octanol–water partition coefficient (Wildman–Crippen LogP) is 4.59. The maximum Gasteiger partial charge on any atom is 0.274 e. The first-order chi connectivity index (χ1) is 15.0. The number of rotatable bonds is 5. The number of pyridine rings is 1. The van der Waals surface area contributed by atoms with Gasteiger partial charge in [-0.25, -0.2) is 4.98 Å². The van der Waals surface area contributed by atoms with Crippen molar-refractivity contribution in [3.8, 4) is 0 Å². The maximum atomic E-state index is 12.8. The van der Waals surface area contributed by atoms with Crippen LogP contribution < -0.4 is 0 Å². The topological polar surface area (TPSA) is 73.7 Å². The van der Waals surface area contributed by atoms with Crippen molar-refractivity contribution in [2.24, 2.45) is 0 Å². The normalized spacial score (nSPS) is 17.0. The van der Waals surface area contributed by atoms with Crippen LogP contribution >= 0.6 is 23.2 Å². The number of nitrogens with zero attached hydrogens (tertiary/aromatic N) is 2. The van der Waals surface area contributed by atoms with Gasteiger partial charge in [-0.3, -0.25) is 4.79 Å². The van der Waals surface area contributed by atoms with Crippen LogP contribution in [0, 0.1) is 0 Å². The van der Waals surface area contributed by atoms with Crippen LogP contribution in [0.5, 0.6) is 0 Å². The van der Waals surface area contributed by atoms with Gasteiger partial charge in [0.15, 0.2) is 0 Å². The average Bonchev–Trinajstić information content (AvgIpc) is 3.28. The second-order valence-corrected chi connectivity index (χ2v) is 8.43. The van der Waals surface area contributed by atoms with Crippen LogP contribution in [0.25, 0.3) is 0 Å². The maximum absolute atomic E-state index is 12.8. The zero-order valence-corrected chi connectivity index (χ0v) is 18.2. The van der Waals surface area contributed by atoms with Gasteiger partial charge in [-0.05, 0) is 41.3 Å². The molecule has 1 aliphatic rings. The quantitative estimate of drug-likeness (QED) is 0.588. The fourth-order valence-corrected chi connectivity index (χ4v) is 4.54. The molecule has 160 valence electrons. The fraction of sp³-hybridized carbons (Fsp3) is 0.250. The monoisotopic (exact) mass is 456 g/mol. The van der Waals surface area contributed by atoms with Gasteiger partial charge in [0, 0.05) is 35.8 Å². The van der Waals surface area contributed by atoms with Crippen LogP contribution in [0.4, 0.5) is 0 Å². The first-order valence-electron chi connectivity index (χ1n) is 10.1. The molecule has 2 atom stereocenters. The Morgan fingerprint density at radius 3 is 2.65 bits per heavy atom. The molecule has 0 aliphatic carbocycles. The zero-order chi connectivity index (χ0) is 22.0. The highest BCUT2D eigenvalue weighted by Crippen LogP contribution is 2.34. The Morgan fingerprint density at radius 1 is 1.13 bits per heavy atom. The second kappa shape index (κ2) is 9.37. The molecule has 1 fully saturated rings. The number of aliphatic hydroxyl groups is 2. The van der Waals surface area contributed by atoms with Gasteiger partial charge in [-0.2, -0.15) is 0 Å². The molecule has 2 N–H and O–H groups in total. The Kier molecular flexibility index (Phi) is 6.58. The minimum atomic E-state index is -0.888. The first kappa shape index (κ1) is 21.8. The summed E-state index contributed by atoms with van der Waals surface area (Å²) in [5, 5.41) is 21.6. The average molecular weight is 457 g/mol. The van der Waals surface area contributed by atoms with E-state index in [1.54, 1.807) is 35.4 Å². The largest absolute Gasteiger partial charge is 0.392 e. The summed E-state index contributed by atoms with van der Waals surface area (Å²) in [5.41, 5.74) is 3.24. The molecule has 31 heavy (non-hydrogen) atoms. The van der Waals surface area contributed by atoms with Crippen LogP contribution in [-0.2, 0) is 6.61 Å². The number of hydrogen-bond acceptors (Lipinski definition) is 4. The Bertz CT molecular complexity index is 1110. The molecule has 2 aromatic carbocycles. The van der Waals surface area contributed by atoms with Crippen LogP contribution in [0.3, 0.4) is 0 Å². The lowest BCUT2D eigenvalue weighted by Gasteiger charge is -2.20. The summed E-state index contributed by atoms with van der Waals surface area (Å²) in [7, 11) is 0. The van der Waals surface area contributed by atoms with Crippen LogP contribution in [0.2, 0.25) is 10.0 Å². The molecule has 2 unspecified atom stereocenters. The van der Waals surface area contributed by atoms with Gasteiger partial charge in [0.2, 0.25) is 0 Å². The number of hydrogen-bond donors (Lipinski definition) is 2. The van der Waals surface area contributed by atoms with E-state index in [-0.39, 0.29) is 24.1 Å². The van der Waals surface area contributed by atoms with Crippen LogP contribution in [0.1, 0.15) is 51.2 Å². The van der Waals surface area contributed by atoms with Crippen molar-refractivity contribution in [3.05, 3.63) is 98.8 Å². The number of likely N-dealkylation sites (tertiary alicyclic amines) is 1. The van der Waals surface area contributed by atoms with Crippen LogP contribution in [0.15, 0.2) is 60.8 Å². The van der Waals surface area contributed by atoms with Gasteiger partial charge >= 0.3 is 0 Å². The molecule has 0 radical (unpaired) electrons.